The van der Waals surface area contributed by atoms with Gasteiger partial charge in [0.1, 0.15) is 5.69 Å². The summed E-state index contributed by atoms with van der Waals surface area (Å²) in [5.41, 5.74) is 3.16. The van der Waals surface area contributed by atoms with Gasteiger partial charge in [-0.1, -0.05) is 31.2 Å². The highest BCUT2D eigenvalue weighted by molar-refractivity contribution is 7.09. The van der Waals surface area contributed by atoms with Crippen LogP contribution in [0.25, 0.3) is 0 Å². The van der Waals surface area contributed by atoms with Crippen LogP contribution in [0.4, 0.5) is 0 Å². The third kappa shape index (κ3) is 4.51. The second-order valence-corrected chi connectivity index (χ2v) is 8.31. The van der Waals surface area contributed by atoms with E-state index in [0.29, 0.717) is 5.69 Å². The van der Waals surface area contributed by atoms with Crippen LogP contribution in [0.5, 0.6) is 0 Å². The molecule has 1 amide bonds. The van der Waals surface area contributed by atoms with E-state index in [1.54, 1.807) is 11.3 Å². The predicted octanol–water partition coefficient (Wildman–Crippen LogP) is 4.52. The monoisotopic (exact) mass is 371 g/mol. The first-order chi connectivity index (χ1) is 12.6. The number of piperidine rings is 1. The lowest BCUT2D eigenvalue weighted by molar-refractivity contribution is 0.0606. The number of carbonyl (C=O) groups excluding carboxylic acids is 1. The summed E-state index contributed by atoms with van der Waals surface area (Å²) in [6, 6.07) is 8.93. The van der Waals surface area contributed by atoms with Crippen LogP contribution in [-0.2, 0) is 13.0 Å². The normalized spacial score (nSPS) is 17.7. The number of hydrogen-bond acceptors (Lipinski definition) is 4. The third-order valence-corrected chi connectivity index (χ3v) is 5.77. The van der Waals surface area contributed by atoms with Crippen molar-refractivity contribution in [3.8, 4) is 0 Å². The quantitative estimate of drug-likeness (QED) is 0.749. The first-order valence-corrected chi connectivity index (χ1v) is 10.5. The fraction of sp³-hybridized carbons (Fsp3) is 0.524. The summed E-state index contributed by atoms with van der Waals surface area (Å²) in [7, 11) is 4.16. The molecule has 26 heavy (non-hydrogen) atoms. The maximum Gasteiger partial charge on any atom is 0.273 e. The van der Waals surface area contributed by atoms with Crippen LogP contribution >= 0.6 is 11.3 Å². The van der Waals surface area contributed by atoms with E-state index in [4.69, 9.17) is 0 Å². The number of amides is 1. The van der Waals surface area contributed by atoms with E-state index in [1.165, 1.54) is 17.5 Å². The molecule has 0 aliphatic carbocycles. The zero-order valence-corrected chi connectivity index (χ0v) is 16.9. The Balaban J connectivity index is 1.77. The summed E-state index contributed by atoms with van der Waals surface area (Å²) in [5, 5.41) is 3.00. The molecule has 1 aliphatic heterocycles. The Labute approximate surface area is 160 Å². The van der Waals surface area contributed by atoms with Gasteiger partial charge in [0, 0.05) is 18.5 Å². The van der Waals surface area contributed by atoms with Crippen molar-refractivity contribution in [2.45, 2.75) is 51.6 Å². The molecule has 0 radical (unpaired) electrons. The van der Waals surface area contributed by atoms with Crippen molar-refractivity contribution in [2.24, 2.45) is 0 Å². The number of nitrogens with zero attached hydrogens (tertiary/aromatic N) is 3. The molecular formula is C21H29N3OS. The Morgan fingerprint density at radius 2 is 2.04 bits per heavy atom. The average molecular weight is 372 g/mol. The van der Waals surface area contributed by atoms with Gasteiger partial charge in [-0.15, -0.1) is 11.3 Å². The molecule has 0 unspecified atom stereocenters. The second kappa shape index (κ2) is 8.78. The standard InChI is InChI=1S/C21H29N3OS/c1-4-7-20-22-18(15-26-20)21(25)24-13-6-5-8-19(24)17-11-9-16(10-12-17)14-23(2)3/h9-12,15,19H,4-8,13-14H2,1-3H3/t19-/m1/s1. The van der Waals surface area contributed by atoms with E-state index in [0.717, 1.165) is 43.8 Å². The second-order valence-electron chi connectivity index (χ2n) is 7.37. The molecule has 5 heteroatoms. The number of likely N-dealkylation sites (tertiary alicyclic amines) is 1. The zero-order chi connectivity index (χ0) is 18.5. The molecule has 0 saturated carbocycles. The van der Waals surface area contributed by atoms with E-state index in [2.05, 4.69) is 55.2 Å². The molecule has 1 aliphatic rings. The smallest absolute Gasteiger partial charge is 0.273 e. The molecule has 140 valence electrons. The van der Waals surface area contributed by atoms with Crippen molar-refractivity contribution < 1.29 is 4.79 Å². The first kappa shape index (κ1) is 19.1. The molecular weight excluding hydrogens is 342 g/mol. The largest absolute Gasteiger partial charge is 0.330 e. The summed E-state index contributed by atoms with van der Waals surface area (Å²) < 4.78 is 0. The van der Waals surface area contributed by atoms with Crippen molar-refractivity contribution >= 4 is 17.2 Å². The molecule has 1 saturated heterocycles. The molecule has 2 heterocycles. The van der Waals surface area contributed by atoms with Gasteiger partial charge in [-0.05, 0) is 57.3 Å². The summed E-state index contributed by atoms with van der Waals surface area (Å²) >= 11 is 1.61. The van der Waals surface area contributed by atoms with Crippen LogP contribution in [-0.4, -0.2) is 41.3 Å². The molecule has 1 aromatic carbocycles. The van der Waals surface area contributed by atoms with Crippen LogP contribution in [0.2, 0.25) is 0 Å². The summed E-state index contributed by atoms with van der Waals surface area (Å²) in [6.45, 7) is 3.90. The predicted molar refractivity (Wildman–Crippen MR) is 108 cm³/mol. The topological polar surface area (TPSA) is 36.4 Å². The minimum Gasteiger partial charge on any atom is -0.330 e. The molecule has 0 spiro atoms. The Morgan fingerprint density at radius 1 is 1.27 bits per heavy atom. The lowest BCUT2D eigenvalue weighted by atomic mass is 9.94. The van der Waals surface area contributed by atoms with Gasteiger partial charge in [0.25, 0.3) is 5.91 Å². The van der Waals surface area contributed by atoms with Gasteiger partial charge < -0.3 is 9.80 Å². The number of carbonyl (C=O) groups is 1. The van der Waals surface area contributed by atoms with Crippen LogP contribution in [0.15, 0.2) is 29.6 Å². The third-order valence-electron chi connectivity index (χ3n) is 4.86. The van der Waals surface area contributed by atoms with Gasteiger partial charge in [-0.25, -0.2) is 4.98 Å². The lowest BCUT2D eigenvalue weighted by Crippen LogP contribution is -2.38. The molecule has 3 rings (SSSR count). The summed E-state index contributed by atoms with van der Waals surface area (Å²) in [5.74, 6) is 0.0886. The highest BCUT2D eigenvalue weighted by Gasteiger charge is 2.29. The van der Waals surface area contributed by atoms with Gasteiger partial charge in [0.2, 0.25) is 0 Å². The number of rotatable bonds is 6. The van der Waals surface area contributed by atoms with E-state index in [9.17, 15) is 4.79 Å². The van der Waals surface area contributed by atoms with E-state index in [-0.39, 0.29) is 11.9 Å². The fourth-order valence-electron chi connectivity index (χ4n) is 3.62. The fourth-order valence-corrected chi connectivity index (χ4v) is 4.49. The van der Waals surface area contributed by atoms with Crippen LogP contribution < -0.4 is 0 Å². The molecule has 1 aromatic heterocycles. The first-order valence-electron chi connectivity index (χ1n) is 9.57. The average Bonchev–Trinajstić information content (AvgIpc) is 3.10. The Bertz CT molecular complexity index is 723. The molecule has 1 atom stereocenters. The number of hydrogen-bond donors (Lipinski definition) is 0. The summed E-state index contributed by atoms with van der Waals surface area (Å²) in [4.78, 5) is 21.9. The van der Waals surface area contributed by atoms with E-state index in [1.807, 2.05) is 10.3 Å². The van der Waals surface area contributed by atoms with Crippen molar-refractivity contribution in [2.75, 3.05) is 20.6 Å². The van der Waals surface area contributed by atoms with Crippen LogP contribution in [0, 0.1) is 0 Å². The zero-order valence-electron chi connectivity index (χ0n) is 16.1. The number of aromatic nitrogens is 1. The van der Waals surface area contributed by atoms with Crippen molar-refractivity contribution in [1.82, 2.24) is 14.8 Å². The number of thiazole rings is 1. The van der Waals surface area contributed by atoms with Crippen molar-refractivity contribution in [1.29, 1.82) is 0 Å². The van der Waals surface area contributed by atoms with Crippen molar-refractivity contribution in [3.05, 3.63) is 51.5 Å². The number of aryl methyl sites for hydroxylation is 1. The maximum atomic E-state index is 13.1. The minimum atomic E-state index is 0.0886. The summed E-state index contributed by atoms with van der Waals surface area (Å²) in [6.07, 6.45) is 5.30. The molecule has 0 bridgehead atoms. The molecule has 0 N–H and O–H groups in total. The SMILES string of the molecule is CCCc1nc(C(=O)N2CCCC[C@@H]2c2ccc(CN(C)C)cc2)cs1. The Morgan fingerprint density at radius 3 is 2.73 bits per heavy atom. The van der Waals surface area contributed by atoms with Crippen LogP contribution in [0.1, 0.15) is 65.3 Å². The van der Waals surface area contributed by atoms with Gasteiger partial charge in [-0.3, -0.25) is 4.79 Å². The lowest BCUT2D eigenvalue weighted by Gasteiger charge is -2.35. The molecule has 4 nitrogen and oxygen atoms in total. The Hall–Kier alpha value is -1.72. The highest BCUT2D eigenvalue weighted by atomic mass is 32.1. The van der Waals surface area contributed by atoms with E-state index >= 15 is 0 Å². The van der Waals surface area contributed by atoms with Gasteiger partial charge in [0.15, 0.2) is 0 Å². The molecule has 1 fully saturated rings. The maximum absolute atomic E-state index is 13.1. The van der Waals surface area contributed by atoms with E-state index < -0.39 is 0 Å². The number of benzene rings is 1. The highest BCUT2D eigenvalue weighted by Crippen LogP contribution is 2.32. The van der Waals surface area contributed by atoms with Gasteiger partial charge >= 0.3 is 0 Å². The van der Waals surface area contributed by atoms with Crippen molar-refractivity contribution in [3.63, 3.8) is 0 Å². The minimum absolute atomic E-state index is 0.0886. The van der Waals surface area contributed by atoms with Gasteiger partial charge in [0.05, 0.1) is 11.0 Å². The molecule has 2 aromatic rings. The van der Waals surface area contributed by atoms with Gasteiger partial charge in [-0.2, -0.15) is 0 Å². The van der Waals surface area contributed by atoms with Crippen LogP contribution in [0.3, 0.4) is 0 Å². The Kier molecular flexibility index (Phi) is 6.43.